The van der Waals surface area contributed by atoms with Gasteiger partial charge in [-0.15, -0.1) is 6.58 Å². The van der Waals surface area contributed by atoms with Gasteiger partial charge in [0.05, 0.1) is 12.0 Å². The van der Waals surface area contributed by atoms with E-state index in [0.717, 1.165) is 5.56 Å². The summed E-state index contributed by atoms with van der Waals surface area (Å²) >= 11 is 0. The fourth-order valence-corrected chi connectivity index (χ4v) is 4.09. The molecule has 0 unspecified atom stereocenters. The molecule has 3 rings (SSSR count). The van der Waals surface area contributed by atoms with Crippen LogP contribution in [0.4, 0.5) is 0 Å². The molecule has 162 valence electrons. The number of nitrogens with one attached hydrogen (secondary N) is 2. The number of ether oxygens (including phenoxy) is 1. The molecule has 0 radical (unpaired) electrons. The normalized spacial score (nSPS) is 12.2. The number of aromatic nitrogens is 2. The standard InChI is InChI=1S/C22H24N4O4S/c1-4-13-24-31(28,29)17-11-9-16(10-12-17)22(27)25-20(21-23-14-15-26(21)2)18-7-5-6-8-19(18)30-3/h4-12,14-15,20,24H,1,13H2,2-3H3,(H,25,27)/t20-/m1/s1. The molecule has 0 bridgehead atoms. The second kappa shape index (κ2) is 9.59. The van der Waals surface area contributed by atoms with Gasteiger partial charge in [-0.05, 0) is 30.3 Å². The Labute approximate surface area is 181 Å². The molecule has 1 amide bonds. The van der Waals surface area contributed by atoms with Gasteiger partial charge in [-0.1, -0.05) is 24.3 Å². The van der Waals surface area contributed by atoms with Crippen LogP contribution < -0.4 is 14.8 Å². The number of nitrogens with zero attached hydrogens (tertiary/aromatic N) is 2. The minimum Gasteiger partial charge on any atom is -0.496 e. The van der Waals surface area contributed by atoms with Gasteiger partial charge in [0.25, 0.3) is 5.91 Å². The number of rotatable bonds is 9. The van der Waals surface area contributed by atoms with Gasteiger partial charge in [0, 0.05) is 37.1 Å². The second-order valence-corrected chi connectivity index (χ2v) is 8.48. The number of sulfonamides is 1. The van der Waals surface area contributed by atoms with Crippen LogP contribution in [0.2, 0.25) is 0 Å². The Balaban J connectivity index is 1.89. The van der Waals surface area contributed by atoms with Crippen molar-refractivity contribution < 1.29 is 17.9 Å². The van der Waals surface area contributed by atoms with Crippen molar-refractivity contribution in [2.75, 3.05) is 13.7 Å². The Morgan fingerprint density at radius 1 is 1.23 bits per heavy atom. The van der Waals surface area contributed by atoms with Gasteiger partial charge < -0.3 is 14.6 Å². The Hall–Kier alpha value is -3.43. The van der Waals surface area contributed by atoms with Crippen molar-refractivity contribution in [1.29, 1.82) is 0 Å². The zero-order chi connectivity index (χ0) is 22.4. The molecule has 31 heavy (non-hydrogen) atoms. The summed E-state index contributed by atoms with van der Waals surface area (Å²) in [7, 11) is -0.259. The molecule has 0 saturated carbocycles. The third kappa shape index (κ3) is 5.01. The van der Waals surface area contributed by atoms with Crippen molar-refractivity contribution in [3.8, 4) is 5.75 Å². The van der Waals surface area contributed by atoms with Crippen LogP contribution in [0.3, 0.4) is 0 Å². The quantitative estimate of drug-likeness (QED) is 0.498. The second-order valence-electron chi connectivity index (χ2n) is 6.71. The molecule has 0 aliphatic carbocycles. The van der Waals surface area contributed by atoms with Gasteiger partial charge >= 0.3 is 0 Å². The number of imidazole rings is 1. The highest BCUT2D eigenvalue weighted by atomic mass is 32.2. The lowest BCUT2D eigenvalue weighted by Gasteiger charge is -2.21. The molecule has 0 saturated heterocycles. The zero-order valence-electron chi connectivity index (χ0n) is 17.3. The van der Waals surface area contributed by atoms with Crippen LogP contribution in [0, 0.1) is 0 Å². The highest BCUT2D eigenvalue weighted by molar-refractivity contribution is 7.89. The molecule has 1 atom stereocenters. The van der Waals surface area contributed by atoms with Crippen LogP contribution >= 0.6 is 0 Å². The van der Waals surface area contributed by atoms with Gasteiger partial charge in [-0.2, -0.15) is 0 Å². The van der Waals surface area contributed by atoms with Crippen LogP contribution in [0.15, 0.2) is 78.5 Å². The van der Waals surface area contributed by atoms with E-state index >= 15 is 0 Å². The highest BCUT2D eigenvalue weighted by Gasteiger charge is 2.24. The Morgan fingerprint density at radius 2 is 1.94 bits per heavy atom. The smallest absolute Gasteiger partial charge is 0.252 e. The van der Waals surface area contributed by atoms with E-state index in [1.54, 1.807) is 19.5 Å². The molecule has 1 heterocycles. The maximum Gasteiger partial charge on any atom is 0.252 e. The molecule has 8 nitrogen and oxygen atoms in total. The first kappa shape index (κ1) is 22.3. The summed E-state index contributed by atoms with van der Waals surface area (Å²) in [6.45, 7) is 3.61. The molecular weight excluding hydrogens is 416 g/mol. The number of amides is 1. The number of hydrogen-bond acceptors (Lipinski definition) is 5. The highest BCUT2D eigenvalue weighted by Crippen LogP contribution is 2.29. The van der Waals surface area contributed by atoms with Crippen LogP contribution in [0.25, 0.3) is 0 Å². The summed E-state index contributed by atoms with van der Waals surface area (Å²) in [5.41, 5.74) is 1.07. The summed E-state index contributed by atoms with van der Waals surface area (Å²) in [5.74, 6) is 0.873. The topological polar surface area (TPSA) is 102 Å². The van der Waals surface area contributed by atoms with E-state index in [1.807, 2.05) is 35.9 Å². The molecule has 2 N–H and O–H groups in total. The van der Waals surface area contributed by atoms with Crippen molar-refractivity contribution in [2.24, 2.45) is 7.05 Å². The maximum absolute atomic E-state index is 13.0. The number of para-hydroxylation sites is 1. The van der Waals surface area contributed by atoms with Crippen LogP contribution in [0.1, 0.15) is 27.8 Å². The molecule has 9 heteroatoms. The molecule has 0 spiro atoms. The summed E-state index contributed by atoms with van der Waals surface area (Å²) in [4.78, 5) is 17.5. The van der Waals surface area contributed by atoms with Crippen molar-refractivity contribution in [3.63, 3.8) is 0 Å². The van der Waals surface area contributed by atoms with Gasteiger partial charge in [0.1, 0.15) is 17.6 Å². The summed E-state index contributed by atoms with van der Waals surface area (Å²) in [6, 6.07) is 12.5. The number of carbonyl (C=O) groups is 1. The van der Waals surface area contributed by atoms with Gasteiger partial charge in [-0.25, -0.2) is 18.1 Å². The third-order valence-electron chi connectivity index (χ3n) is 4.69. The first-order chi connectivity index (χ1) is 14.9. The predicted octanol–water partition coefficient (Wildman–Crippen LogP) is 2.41. The van der Waals surface area contributed by atoms with E-state index in [0.29, 0.717) is 17.1 Å². The number of methoxy groups -OCH3 is 1. The molecule has 0 aliphatic heterocycles. The minimum absolute atomic E-state index is 0.0660. The largest absolute Gasteiger partial charge is 0.496 e. The SMILES string of the molecule is C=CCNS(=O)(=O)c1ccc(C(=O)N[C@H](c2ccccc2OC)c2nccn2C)cc1. The number of carbonyl (C=O) groups excluding carboxylic acids is 1. The number of aryl methyl sites for hydroxylation is 1. The molecule has 1 aromatic heterocycles. The summed E-state index contributed by atoms with van der Waals surface area (Å²) in [5, 5.41) is 2.98. The zero-order valence-corrected chi connectivity index (χ0v) is 18.1. The maximum atomic E-state index is 13.0. The van der Waals surface area contributed by atoms with Crippen LogP contribution in [0.5, 0.6) is 5.75 Å². The van der Waals surface area contributed by atoms with E-state index in [4.69, 9.17) is 4.74 Å². The number of benzene rings is 2. The fourth-order valence-electron chi connectivity index (χ4n) is 3.09. The Kier molecular flexibility index (Phi) is 6.88. The summed E-state index contributed by atoms with van der Waals surface area (Å²) in [6.07, 6.45) is 4.90. The van der Waals surface area contributed by atoms with Gasteiger partial charge in [0.2, 0.25) is 10.0 Å². The summed E-state index contributed by atoms with van der Waals surface area (Å²) < 4.78 is 34.1. The van der Waals surface area contributed by atoms with Crippen molar-refractivity contribution >= 4 is 15.9 Å². The Morgan fingerprint density at radius 3 is 2.55 bits per heavy atom. The van der Waals surface area contributed by atoms with E-state index in [-0.39, 0.29) is 17.3 Å². The first-order valence-corrected chi connectivity index (χ1v) is 11.0. The van der Waals surface area contributed by atoms with Crippen LogP contribution in [-0.4, -0.2) is 37.5 Å². The van der Waals surface area contributed by atoms with Gasteiger partial charge in [-0.3, -0.25) is 4.79 Å². The average molecular weight is 441 g/mol. The lowest BCUT2D eigenvalue weighted by atomic mass is 10.0. The molecule has 3 aromatic rings. The van der Waals surface area contributed by atoms with E-state index < -0.39 is 16.1 Å². The minimum atomic E-state index is -3.66. The van der Waals surface area contributed by atoms with Gasteiger partial charge in [0.15, 0.2) is 0 Å². The predicted molar refractivity (Wildman–Crippen MR) is 117 cm³/mol. The monoisotopic (exact) mass is 440 g/mol. The van der Waals surface area contributed by atoms with Crippen molar-refractivity contribution in [3.05, 3.63) is 90.5 Å². The lowest BCUT2D eigenvalue weighted by Crippen LogP contribution is -2.31. The van der Waals surface area contributed by atoms with Crippen molar-refractivity contribution in [2.45, 2.75) is 10.9 Å². The number of hydrogen-bond donors (Lipinski definition) is 2. The molecule has 0 fully saturated rings. The molecular formula is C22H24N4O4S. The fraction of sp³-hybridized carbons (Fsp3) is 0.182. The third-order valence-corrected chi connectivity index (χ3v) is 6.13. The molecule has 2 aromatic carbocycles. The van der Waals surface area contributed by atoms with E-state index in [1.165, 1.54) is 30.3 Å². The average Bonchev–Trinajstić information content (AvgIpc) is 3.21. The lowest BCUT2D eigenvalue weighted by molar-refractivity contribution is 0.0940. The first-order valence-electron chi connectivity index (χ1n) is 9.49. The Bertz CT molecular complexity index is 1170. The van der Waals surface area contributed by atoms with Crippen molar-refractivity contribution in [1.82, 2.24) is 19.6 Å². The van der Waals surface area contributed by atoms with Crippen LogP contribution in [-0.2, 0) is 17.1 Å². The molecule has 0 aliphatic rings. The van der Waals surface area contributed by atoms with E-state index in [9.17, 15) is 13.2 Å². The van der Waals surface area contributed by atoms with E-state index in [2.05, 4.69) is 21.6 Å².